The second kappa shape index (κ2) is 4.82. The molecule has 3 heteroatoms. The quantitative estimate of drug-likeness (QED) is 0.827. The average molecular weight is 293 g/mol. The molecule has 1 aliphatic carbocycles. The van der Waals surface area contributed by atoms with Gasteiger partial charge in [-0.3, -0.25) is 0 Å². The van der Waals surface area contributed by atoms with Crippen LogP contribution in [0.25, 0.3) is 0 Å². The average Bonchev–Trinajstić information content (AvgIpc) is 2.41. The van der Waals surface area contributed by atoms with Gasteiger partial charge in [0.25, 0.3) is 0 Å². The Morgan fingerprint density at radius 3 is 2.42 bits per heavy atom. The summed E-state index contributed by atoms with van der Waals surface area (Å²) >= 11 is 12.0. The minimum absolute atomic E-state index is 0.492. The highest BCUT2D eigenvalue weighted by Crippen LogP contribution is 2.38. The van der Waals surface area contributed by atoms with Gasteiger partial charge in [-0.2, -0.15) is 0 Å². The standard InChI is InChI=1S/C16H14Cl2O/c17-14-6-5-13(9-15(14)18)16(19)8-7-11-3-1-2-4-12(11)10-16/h1-6,9,19H,7-8,10H2. The normalized spacial score (nSPS) is 22.1. The van der Waals surface area contributed by atoms with Crippen molar-refractivity contribution >= 4 is 23.2 Å². The Labute approximate surface area is 122 Å². The Kier molecular flexibility index (Phi) is 3.30. The van der Waals surface area contributed by atoms with Gasteiger partial charge in [0, 0.05) is 6.42 Å². The zero-order valence-electron chi connectivity index (χ0n) is 10.4. The maximum Gasteiger partial charge on any atom is 0.0940 e. The molecule has 3 rings (SSSR count). The number of aryl methyl sites for hydroxylation is 1. The van der Waals surface area contributed by atoms with Crippen LogP contribution in [0.3, 0.4) is 0 Å². The maximum absolute atomic E-state index is 10.9. The summed E-state index contributed by atoms with van der Waals surface area (Å²) in [5.41, 5.74) is 2.54. The molecule has 0 aliphatic heterocycles. The van der Waals surface area contributed by atoms with E-state index in [0.717, 1.165) is 12.0 Å². The van der Waals surface area contributed by atoms with E-state index in [0.29, 0.717) is 22.9 Å². The van der Waals surface area contributed by atoms with Gasteiger partial charge in [0.05, 0.1) is 15.6 Å². The van der Waals surface area contributed by atoms with Gasteiger partial charge in [-0.1, -0.05) is 53.5 Å². The molecule has 0 saturated carbocycles. The monoisotopic (exact) mass is 292 g/mol. The van der Waals surface area contributed by atoms with E-state index in [-0.39, 0.29) is 0 Å². The molecule has 1 N–H and O–H groups in total. The van der Waals surface area contributed by atoms with Crippen LogP contribution in [-0.2, 0) is 18.4 Å². The summed E-state index contributed by atoms with van der Waals surface area (Å²) in [5, 5.41) is 11.9. The molecular formula is C16H14Cl2O. The van der Waals surface area contributed by atoms with E-state index in [1.807, 2.05) is 18.2 Å². The number of rotatable bonds is 1. The molecule has 0 bridgehead atoms. The molecule has 2 aromatic carbocycles. The number of halogens is 2. The zero-order valence-corrected chi connectivity index (χ0v) is 11.9. The van der Waals surface area contributed by atoms with Gasteiger partial charge in [0.15, 0.2) is 0 Å². The number of aliphatic hydroxyl groups is 1. The largest absolute Gasteiger partial charge is 0.385 e. The molecule has 19 heavy (non-hydrogen) atoms. The van der Waals surface area contributed by atoms with Crippen LogP contribution >= 0.6 is 23.2 Å². The molecule has 0 aromatic heterocycles. The number of benzene rings is 2. The van der Waals surface area contributed by atoms with E-state index >= 15 is 0 Å². The van der Waals surface area contributed by atoms with Crippen LogP contribution in [0.1, 0.15) is 23.1 Å². The van der Waals surface area contributed by atoms with Crippen LogP contribution in [0.2, 0.25) is 10.0 Å². The van der Waals surface area contributed by atoms with Crippen LogP contribution in [0.4, 0.5) is 0 Å². The minimum Gasteiger partial charge on any atom is -0.385 e. The predicted molar refractivity (Wildman–Crippen MR) is 78.8 cm³/mol. The second-order valence-electron chi connectivity index (χ2n) is 5.11. The number of hydrogen-bond donors (Lipinski definition) is 1. The Bertz CT molecular complexity index is 624. The molecule has 1 atom stereocenters. The fourth-order valence-electron chi connectivity index (χ4n) is 2.75. The van der Waals surface area contributed by atoms with Crippen molar-refractivity contribution in [2.24, 2.45) is 0 Å². The first-order chi connectivity index (χ1) is 9.08. The SMILES string of the molecule is OC1(c2ccc(Cl)c(Cl)c2)CCc2ccccc2C1. The topological polar surface area (TPSA) is 20.2 Å². The van der Waals surface area contributed by atoms with Gasteiger partial charge >= 0.3 is 0 Å². The van der Waals surface area contributed by atoms with E-state index in [1.165, 1.54) is 11.1 Å². The molecule has 1 unspecified atom stereocenters. The summed E-state index contributed by atoms with van der Waals surface area (Å²) in [6, 6.07) is 13.7. The lowest BCUT2D eigenvalue weighted by Crippen LogP contribution is -2.33. The number of hydrogen-bond acceptors (Lipinski definition) is 1. The Morgan fingerprint density at radius 1 is 0.947 bits per heavy atom. The number of fused-ring (bicyclic) bond motifs is 1. The lowest BCUT2D eigenvalue weighted by Gasteiger charge is -2.34. The molecular weight excluding hydrogens is 279 g/mol. The Balaban J connectivity index is 1.99. The zero-order chi connectivity index (χ0) is 13.5. The summed E-state index contributed by atoms with van der Waals surface area (Å²) in [7, 11) is 0. The molecule has 1 aliphatic rings. The maximum atomic E-state index is 10.9. The third-order valence-electron chi connectivity index (χ3n) is 3.87. The fourth-order valence-corrected chi connectivity index (χ4v) is 3.05. The molecule has 1 nitrogen and oxygen atoms in total. The van der Waals surface area contributed by atoms with Crippen molar-refractivity contribution in [2.45, 2.75) is 24.9 Å². The molecule has 0 saturated heterocycles. The van der Waals surface area contributed by atoms with E-state index in [4.69, 9.17) is 23.2 Å². The van der Waals surface area contributed by atoms with Crippen LogP contribution in [0.15, 0.2) is 42.5 Å². The molecule has 0 radical (unpaired) electrons. The third-order valence-corrected chi connectivity index (χ3v) is 4.61. The summed E-state index contributed by atoms with van der Waals surface area (Å²) in [6.07, 6.45) is 2.22. The molecule has 0 spiro atoms. The summed E-state index contributed by atoms with van der Waals surface area (Å²) in [4.78, 5) is 0. The van der Waals surface area contributed by atoms with Gasteiger partial charge in [-0.25, -0.2) is 0 Å². The highest BCUT2D eigenvalue weighted by atomic mass is 35.5. The van der Waals surface area contributed by atoms with Gasteiger partial charge in [0.1, 0.15) is 0 Å². The smallest absolute Gasteiger partial charge is 0.0940 e. The van der Waals surface area contributed by atoms with Crippen molar-refractivity contribution < 1.29 is 5.11 Å². The van der Waals surface area contributed by atoms with Crippen molar-refractivity contribution in [2.75, 3.05) is 0 Å². The van der Waals surface area contributed by atoms with Crippen molar-refractivity contribution in [3.63, 3.8) is 0 Å². The molecule has 98 valence electrons. The van der Waals surface area contributed by atoms with Crippen LogP contribution in [0.5, 0.6) is 0 Å². The highest BCUT2D eigenvalue weighted by Gasteiger charge is 2.33. The van der Waals surface area contributed by atoms with Gasteiger partial charge in [0.2, 0.25) is 0 Å². The summed E-state index contributed by atoms with van der Waals surface area (Å²) in [6.45, 7) is 0. The van der Waals surface area contributed by atoms with Gasteiger partial charge in [-0.05, 0) is 41.7 Å². The van der Waals surface area contributed by atoms with Crippen LogP contribution in [0, 0.1) is 0 Å². The molecule has 2 aromatic rings. The van der Waals surface area contributed by atoms with Gasteiger partial charge < -0.3 is 5.11 Å². The lowest BCUT2D eigenvalue weighted by atomic mass is 9.76. The summed E-state index contributed by atoms with van der Waals surface area (Å²) < 4.78 is 0. The fraction of sp³-hybridized carbons (Fsp3) is 0.250. The van der Waals surface area contributed by atoms with Crippen molar-refractivity contribution in [1.82, 2.24) is 0 Å². The van der Waals surface area contributed by atoms with Crippen molar-refractivity contribution in [3.05, 3.63) is 69.2 Å². The van der Waals surface area contributed by atoms with Crippen molar-refractivity contribution in [3.8, 4) is 0 Å². The Morgan fingerprint density at radius 2 is 1.68 bits per heavy atom. The lowest BCUT2D eigenvalue weighted by molar-refractivity contribution is 0.0223. The summed E-state index contributed by atoms with van der Waals surface area (Å²) in [5.74, 6) is 0. The highest BCUT2D eigenvalue weighted by molar-refractivity contribution is 6.42. The molecule has 0 heterocycles. The third kappa shape index (κ3) is 2.38. The predicted octanol–water partition coefficient (Wildman–Crippen LogP) is 4.37. The second-order valence-corrected chi connectivity index (χ2v) is 5.92. The first-order valence-corrected chi connectivity index (χ1v) is 7.09. The first-order valence-electron chi connectivity index (χ1n) is 6.33. The van der Waals surface area contributed by atoms with E-state index in [2.05, 4.69) is 12.1 Å². The van der Waals surface area contributed by atoms with Crippen molar-refractivity contribution in [1.29, 1.82) is 0 Å². The van der Waals surface area contributed by atoms with Crippen LogP contribution in [-0.4, -0.2) is 5.11 Å². The minimum atomic E-state index is -0.845. The van der Waals surface area contributed by atoms with Crippen LogP contribution < -0.4 is 0 Å². The Hall–Kier alpha value is -1.02. The first kappa shape index (κ1) is 13.0. The van der Waals surface area contributed by atoms with E-state index in [1.54, 1.807) is 12.1 Å². The van der Waals surface area contributed by atoms with Gasteiger partial charge in [-0.15, -0.1) is 0 Å². The molecule has 0 fully saturated rings. The van der Waals surface area contributed by atoms with E-state index in [9.17, 15) is 5.11 Å². The molecule has 0 amide bonds. The van der Waals surface area contributed by atoms with E-state index < -0.39 is 5.60 Å².